The van der Waals surface area contributed by atoms with Crippen LogP contribution in [-0.2, 0) is 6.54 Å². The predicted octanol–water partition coefficient (Wildman–Crippen LogP) is 4.62. The van der Waals surface area contributed by atoms with Crippen LogP contribution in [0.5, 0.6) is 5.75 Å². The van der Waals surface area contributed by atoms with Crippen LogP contribution in [-0.4, -0.2) is 34.7 Å². The second-order valence-corrected chi connectivity index (χ2v) is 7.25. The monoisotopic (exact) mass is 377 g/mol. The Labute approximate surface area is 164 Å². The van der Waals surface area contributed by atoms with E-state index in [0.717, 1.165) is 54.3 Å². The maximum atomic E-state index is 13.4. The molecule has 5 heteroatoms. The first-order valence-electron chi connectivity index (χ1n) is 9.46. The fraction of sp³-hybridized carbons (Fsp3) is 0.261. The van der Waals surface area contributed by atoms with Crippen LogP contribution in [0.2, 0.25) is 0 Å². The second kappa shape index (κ2) is 7.98. The first-order chi connectivity index (χ1) is 13.6. The van der Waals surface area contributed by atoms with Crippen LogP contribution < -0.4 is 4.74 Å². The molecule has 0 radical (unpaired) electrons. The van der Waals surface area contributed by atoms with Crippen molar-refractivity contribution in [3.8, 4) is 11.4 Å². The molecule has 2 heterocycles. The molecule has 0 bridgehead atoms. The molecule has 4 rings (SSSR count). The lowest BCUT2D eigenvalue weighted by atomic mass is 10.1. The van der Waals surface area contributed by atoms with E-state index in [2.05, 4.69) is 34.2 Å². The van der Waals surface area contributed by atoms with E-state index in [9.17, 15) is 4.39 Å². The van der Waals surface area contributed by atoms with Gasteiger partial charge in [-0.2, -0.15) is 0 Å². The molecule has 1 fully saturated rings. The number of ether oxygens (including phenoxy) is 1. The molecule has 1 aliphatic rings. The Morgan fingerprint density at radius 2 is 2.11 bits per heavy atom. The van der Waals surface area contributed by atoms with Crippen molar-refractivity contribution in [1.82, 2.24) is 14.5 Å². The number of hydrogen-bond acceptors (Lipinski definition) is 3. The molecular formula is C23H24FN3O. The minimum atomic E-state index is -0.173. The molecule has 1 aliphatic heterocycles. The fourth-order valence-electron chi connectivity index (χ4n) is 3.68. The summed E-state index contributed by atoms with van der Waals surface area (Å²) in [5, 5.41) is 0. The molecule has 0 atom stereocenters. The number of benzene rings is 2. The Morgan fingerprint density at radius 1 is 1.21 bits per heavy atom. The van der Waals surface area contributed by atoms with Crippen LogP contribution in [0.3, 0.4) is 0 Å². The Morgan fingerprint density at radius 3 is 2.86 bits per heavy atom. The van der Waals surface area contributed by atoms with Crippen LogP contribution in [0, 0.1) is 12.7 Å². The molecule has 1 aromatic heterocycles. The molecule has 0 spiro atoms. The molecule has 1 saturated heterocycles. The number of halogens is 1. The fourth-order valence-corrected chi connectivity index (χ4v) is 3.68. The Balaban J connectivity index is 1.48. The number of likely N-dealkylation sites (tertiary alicyclic amines) is 1. The average Bonchev–Trinajstić information content (AvgIpc) is 3.30. The Hall–Kier alpha value is -2.92. The maximum Gasteiger partial charge on any atom is 0.143 e. The van der Waals surface area contributed by atoms with Gasteiger partial charge in [-0.05, 0) is 48.7 Å². The summed E-state index contributed by atoms with van der Waals surface area (Å²) in [5.74, 6) is 0.647. The van der Waals surface area contributed by atoms with Crippen molar-refractivity contribution in [2.45, 2.75) is 19.9 Å². The molecule has 4 nitrogen and oxygen atoms in total. The molecule has 2 aromatic carbocycles. The number of imidazole rings is 1. The van der Waals surface area contributed by atoms with E-state index in [1.807, 2.05) is 23.8 Å². The third-order valence-electron chi connectivity index (χ3n) is 5.04. The molecule has 0 aliphatic carbocycles. The lowest BCUT2D eigenvalue weighted by molar-refractivity contribution is 0.337. The zero-order valence-corrected chi connectivity index (χ0v) is 16.2. The highest BCUT2D eigenvalue weighted by atomic mass is 19.1. The SMILES string of the molecule is COc1cc(/C=C2\CCN(Cc3cccc(F)c3)C2)ccc1-n1cnc(C)c1. The van der Waals surface area contributed by atoms with Crippen LogP contribution in [0.25, 0.3) is 11.8 Å². The highest BCUT2D eigenvalue weighted by molar-refractivity contribution is 5.60. The van der Waals surface area contributed by atoms with Gasteiger partial charge in [0.1, 0.15) is 11.6 Å². The van der Waals surface area contributed by atoms with Crippen molar-refractivity contribution in [3.05, 3.63) is 83.2 Å². The van der Waals surface area contributed by atoms with Crippen molar-refractivity contribution in [2.24, 2.45) is 0 Å². The molecular weight excluding hydrogens is 353 g/mol. The molecule has 0 N–H and O–H groups in total. The van der Waals surface area contributed by atoms with Crippen molar-refractivity contribution in [2.75, 3.05) is 20.2 Å². The predicted molar refractivity (Wildman–Crippen MR) is 109 cm³/mol. The molecule has 28 heavy (non-hydrogen) atoms. The van der Waals surface area contributed by atoms with Gasteiger partial charge >= 0.3 is 0 Å². The number of aromatic nitrogens is 2. The standard InChI is InChI=1S/C23H24FN3O/c1-17-13-27(16-25-17)22-7-6-18(12-23(22)28-2)10-20-8-9-26(15-20)14-19-4-3-5-21(24)11-19/h3-7,10-13,16H,8-9,14-15H2,1-2H3/b20-10+. The third-order valence-corrected chi connectivity index (χ3v) is 5.04. The van der Waals surface area contributed by atoms with Crippen molar-refractivity contribution < 1.29 is 9.13 Å². The largest absolute Gasteiger partial charge is 0.495 e. The average molecular weight is 377 g/mol. The van der Waals surface area contributed by atoms with Gasteiger partial charge in [-0.1, -0.05) is 29.8 Å². The maximum absolute atomic E-state index is 13.4. The zero-order chi connectivity index (χ0) is 19.5. The lowest BCUT2D eigenvalue weighted by Crippen LogP contribution is -2.18. The number of hydrogen-bond donors (Lipinski definition) is 0. The van der Waals surface area contributed by atoms with Gasteiger partial charge in [-0.3, -0.25) is 4.90 Å². The van der Waals surface area contributed by atoms with E-state index in [1.165, 1.54) is 11.6 Å². The molecule has 3 aromatic rings. The summed E-state index contributed by atoms with van der Waals surface area (Å²) >= 11 is 0. The summed E-state index contributed by atoms with van der Waals surface area (Å²) in [6, 6.07) is 13.1. The quantitative estimate of drug-likeness (QED) is 0.650. The third kappa shape index (κ3) is 4.15. The summed E-state index contributed by atoms with van der Waals surface area (Å²) in [6.07, 6.45) is 7.04. The van der Waals surface area contributed by atoms with Gasteiger partial charge in [0.05, 0.1) is 24.8 Å². The highest BCUT2D eigenvalue weighted by Crippen LogP contribution is 2.27. The van der Waals surface area contributed by atoms with Gasteiger partial charge in [0.15, 0.2) is 0 Å². The van der Waals surface area contributed by atoms with Crippen molar-refractivity contribution in [3.63, 3.8) is 0 Å². The Kier molecular flexibility index (Phi) is 5.26. The van der Waals surface area contributed by atoms with Crippen molar-refractivity contribution in [1.29, 1.82) is 0 Å². The highest BCUT2D eigenvalue weighted by Gasteiger charge is 2.17. The van der Waals surface area contributed by atoms with E-state index in [-0.39, 0.29) is 5.82 Å². The molecule has 144 valence electrons. The summed E-state index contributed by atoms with van der Waals surface area (Å²) < 4.78 is 21.0. The summed E-state index contributed by atoms with van der Waals surface area (Å²) in [5.41, 5.74) is 5.47. The van der Waals surface area contributed by atoms with Gasteiger partial charge in [-0.15, -0.1) is 0 Å². The first kappa shape index (κ1) is 18.4. The smallest absolute Gasteiger partial charge is 0.143 e. The number of aryl methyl sites for hydroxylation is 1. The van der Waals surface area contributed by atoms with Crippen LogP contribution in [0.4, 0.5) is 4.39 Å². The number of rotatable bonds is 5. The Bertz CT molecular complexity index is 1010. The van der Waals surface area contributed by atoms with E-state index in [4.69, 9.17) is 4.74 Å². The van der Waals surface area contributed by atoms with E-state index < -0.39 is 0 Å². The van der Waals surface area contributed by atoms with Gasteiger partial charge in [0, 0.05) is 25.8 Å². The van der Waals surface area contributed by atoms with Crippen LogP contribution in [0.15, 0.2) is 60.6 Å². The lowest BCUT2D eigenvalue weighted by Gasteiger charge is -2.14. The van der Waals surface area contributed by atoms with Gasteiger partial charge in [0.25, 0.3) is 0 Å². The minimum Gasteiger partial charge on any atom is -0.495 e. The van der Waals surface area contributed by atoms with E-state index in [0.29, 0.717) is 0 Å². The zero-order valence-electron chi connectivity index (χ0n) is 16.2. The van der Waals surface area contributed by atoms with Gasteiger partial charge in [0.2, 0.25) is 0 Å². The molecule has 0 saturated carbocycles. The summed E-state index contributed by atoms with van der Waals surface area (Å²) in [7, 11) is 1.69. The van der Waals surface area contributed by atoms with Gasteiger partial charge < -0.3 is 9.30 Å². The summed E-state index contributed by atoms with van der Waals surface area (Å²) in [6.45, 7) is 4.64. The summed E-state index contributed by atoms with van der Waals surface area (Å²) in [4.78, 5) is 6.64. The normalized spacial score (nSPS) is 16.0. The van der Waals surface area contributed by atoms with Crippen LogP contribution in [0.1, 0.15) is 23.2 Å². The number of nitrogens with zero attached hydrogens (tertiary/aromatic N) is 3. The van der Waals surface area contributed by atoms with Crippen LogP contribution >= 0.6 is 0 Å². The first-order valence-corrected chi connectivity index (χ1v) is 9.46. The van der Waals surface area contributed by atoms with E-state index >= 15 is 0 Å². The minimum absolute atomic E-state index is 0.173. The second-order valence-electron chi connectivity index (χ2n) is 7.25. The topological polar surface area (TPSA) is 30.3 Å². The van der Waals surface area contributed by atoms with E-state index in [1.54, 1.807) is 25.6 Å². The molecule has 0 amide bonds. The van der Waals surface area contributed by atoms with Crippen molar-refractivity contribution >= 4 is 6.08 Å². The number of methoxy groups -OCH3 is 1. The molecule has 0 unspecified atom stereocenters. The van der Waals surface area contributed by atoms with Gasteiger partial charge in [-0.25, -0.2) is 9.37 Å².